The summed E-state index contributed by atoms with van der Waals surface area (Å²) in [7, 11) is -3.24. The Labute approximate surface area is 192 Å². The molecule has 0 aliphatic carbocycles. The normalized spacial score (nSPS) is 16.4. The third kappa shape index (κ3) is 4.41. The maximum atomic E-state index is 11.8. The minimum absolute atomic E-state index is 0.0499. The van der Waals surface area contributed by atoms with Crippen LogP contribution in [0.5, 0.6) is 5.75 Å². The molecule has 3 aromatic heterocycles. The highest BCUT2D eigenvalue weighted by molar-refractivity contribution is 7.90. The Balaban J connectivity index is 1.27. The molecule has 1 fully saturated rings. The maximum absolute atomic E-state index is 11.8. The molecule has 0 saturated carbocycles. The van der Waals surface area contributed by atoms with Crippen molar-refractivity contribution in [1.82, 2.24) is 19.5 Å². The van der Waals surface area contributed by atoms with Crippen molar-refractivity contribution in [2.24, 2.45) is 0 Å². The Kier molecular flexibility index (Phi) is 5.49. The highest BCUT2D eigenvalue weighted by Crippen LogP contribution is 2.25. The molecule has 9 heteroatoms. The topological polar surface area (TPSA) is 90.2 Å². The number of nitrogens with zero attached hydrogens (tertiary/aromatic N) is 5. The second kappa shape index (κ2) is 8.47. The average molecular weight is 464 g/mol. The number of ether oxygens (including phenoxy) is 1. The first kappa shape index (κ1) is 21.4. The van der Waals surface area contributed by atoms with E-state index in [1.54, 1.807) is 24.4 Å². The molecule has 0 amide bonds. The van der Waals surface area contributed by atoms with Crippen LogP contribution in [0.3, 0.4) is 0 Å². The Bertz CT molecular complexity index is 1380. The SMILES string of the molecule is CCc1cnc(N2CCC(Oc3ccc(-n4ccc5cc(S(C)(=O)=O)ccc54)nc3)C2)nc1. The fourth-order valence-electron chi connectivity index (χ4n) is 4.03. The Morgan fingerprint density at radius 3 is 2.58 bits per heavy atom. The first-order valence-corrected chi connectivity index (χ1v) is 12.8. The lowest BCUT2D eigenvalue weighted by Gasteiger charge is -2.17. The van der Waals surface area contributed by atoms with E-state index < -0.39 is 9.84 Å². The number of anilines is 1. The molecule has 1 unspecified atom stereocenters. The van der Waals surface area contributed by atoms with Crippen LogP contribution in [-0.2, 0) is 16.3 Å². The van der Waals surface area contributed by atoms with Crippen molar-refractivity contribution in [3.05, 3.63) is 66.7 Å². The predicted molar refractivity (Wildman–Crippen MR) is 127 cm³/mol. The molecular formula is C24H25N5O3S. The third-order valence-electron chi connectivity index (χ3n) is 5.89. The summed E-state index contributed by atoms with van der Waals surface area (Å²) in [6, 6.07) is 10.8. The van der Waals surface area contributed by atoms with Crippen LogP contribution < -0.4 is 9.64 Å². The van der Waals surface area contributed by atoms with Crippen LogP contribution >= 0.6 is 0 Å². The number of pyridine rings is 1. The summed E-state index contributed by atoms with van der Waals surface area (Å²) in [5.74, 6) is 2.19. The number of hydrogen-bond acceptors (Lipinski definition) is 7. The first-order chi connectivity index (χ1) is 15.9. The van der Waals surface area contributed by atoms with Crippen molar-refractivity contribution in [2.75, 3.05) is 24.2 Å². The summed E-state index contributed by atoms with van der Waals surface area (Å²) in [5.41, 5.74) is 2.02. The van der Waals surface area contributed by atoms with Gasteiger partial charge in [-0.2, -0.15) is 0 Å². The Hall–Kier alpha value is -3.46. The summed E-state index contributed by atoms with van der Waals surface area (Å²) in [4.78, 5) is 15.9. The van der Waals surface area contributed by atoms with E-state index in [4.69, 9.17) is 4.74 Å². The number of sulfone groups is 1. The molecule has 1 aliphatic rings. The van der Waals surface area contributed by atoms with Gasteiger partial charge in [-0.25, -0.2) is 23.4 Å². The molecule has 170 valence electrons. The van der Waals surface area contributed by atoms with Gasteiger partial charge in [0.1, 0.15) is 17.7 Å². The summed E-state index contributed by atoms with van der Waals surface area (Å²) < 4.78 is 31.7. The zero-order valence-electron chi connectivity index (χ0n) is 18.5. The van der Waals surface area contributed by atoms with Crippen LogP contribution in [0, 0.1) is 0 Å². The maximum Gasteiger partial charge on any atom is 0.225 e. The summed E-state index contributed by atoms with van der Waals surface area (Å²) in [6.45, 7) is 3.68. The second-order valence-corrected chi connectivity index (χ2v) is 10.3. The smallest absolute Gasteiger partial charge is 0.225 e. The van der Waals surface area contributed by atoms with Gasteiger partial charge in [-0.05, 0) is 48.4 Å². The average Bonchev–Trinajstić information content (AvgIpc) is 3.46. The fourth-order valence-corrected chi connectivity index (χ4v) is 4.68. The summed E-state index contributed by atoms with van der Waals surface area (Å²) in [6.07, 6.45) is 10.5. The molecule has 0 spiro atoms. The molecule has 33 heavy (non-hydrogen) atoms. The van der Waals surface area contributed by atoms with Crippen molar-refractivity contribution in [3.63, 3.8) is 0 Å². The molecule has 4 aromatic rings. The van der Waals surface area contributed by atoms with Crippen molar-refractivity contribution < 1.29 is 13.2 Å². The predicted octanol–water partition coefficient (Wildman–Crippen LogP) is 3.44. The number of rotatable bonds is 6. The zero-order valence-corrected chi connectivity index (χ0v) is 19.4. The van der Waals surface area contributed by atoms with Gasteiger partial charge in [0.15, 0.2) is 9.84 Å². The fraction of sp³-hybridized carbons (Fsp3) is 0.292. The summed E-state index contributed by atoms with van der Waals surface area (Å²) in [5, 5.41) is 0.847. The van der Waals surface area contributed by atoms with Gasteiger partial charge in [0.25, 0.3) is 0 Å². The molecule has 1 aromatic carbocycles. The van der Waals surface area contributed by atoms with E-state index in [0.717, 1.165) is 54.2 Å². The highest BCUT2D eigenvalue weighted by atomic mass is 32.2. The van der Waals surface area contributed by atoms with Crippen LogP contribution in [0.2, 0.25) is 0 Å². The number of aryl methyl sites for hydroxylation is 1. The van der Waals surface area contributed by atoms with E-state index in [2.05, 4.69) is 26.8 Å². The van der Waals surface area contributed by atoms with Gasteiger partial charge in [0.05, 0.1) is 23.2 Å². The lowest BCUT2D eigenvalue weighted by atomic mass is 10.2. The molecule has 1 saturated heterocycles. The first-order valence-electron chi connectivity index (χ1n) is 10.9. The minimum Gasteiger partial charge on any atom is -0.487 e. The van der Waals surface area contributed by atoms with E-state index in [0.29, 0.717) is 10.6 Å². The van der Waals surface area contributed by atoms with E-state index in [-0.39, 0.29) is 6.10 Å². The van der Waals surface area contributed by atoms with Gasteiger partial charge in [0.2, 0.25) is 5.95 Å². The molecule has 0 radical (unpaired) electrons. The Morgan fingerprint density at radius 1 is 1.06 bits per heavy atom. The third-order valence-corrected chi connectivity index (χ3v) is 7.00. The van der Waals surface area contributed by atoms with Crippen molar-refractivity contribution in [3.8, 4) is 11.6 Å². The van der Waals surface area contributed by atoms with Gasteiger partial charge >= 0.3 is 0 Å². The van der Waals surface area contributed by atoms with Gasteiger partial charge < -0.3 is 14.2 Å². The standard InChI is InChI=1S/C24H25N5O3S/c1-3-17-13-26-24(27-14-17)28-10-9-20(16-28)32-19-4-7-23(25-15-19)29-11-8-18-12-21(33(2,30)31)5-6-22(18)29/h4-8,11-15,20H,3,9-10,16H2,1-2H3. The van der Waals surface area contributed by atoms with Gasteiger partial charge in [-0.3, -0.25) is 0 Å². The zero-order chi connectivity index (χ0) is 23.0. The van der Waals surface area contributed by atoms with Crippen LogP contribution in [-0.4, -0.2) is 53.4 Å². The molecule has 5 rings (SSSR count). The molecule has 8 nitrogen and oxygen atoms in total. The lowest BCUT2D eigenvalue weighted by Crippen LogP contribution is -2.26. The number of aromatic nitrogens is 4. The largest absolute Gasteiger partial charge is 0.487 e. The van der Waals surface area contributed by atoms with Crippen molar-refractivity contribution in [2.45, 2.75) is 30.8 Å². The quantitative estimate of drug-likeness (QED) is 0.433. The Morgan fingerprint density at radius 2 is 1.88 bits per heavy atom. The molecule has 0 N–H and O–H groups in total. The molecular weight excluding hydrogens is 438 g/mol. The van der Waals surface area contributed by atoms with Crippen molar-refractivity contribution in [1.29, 1.82) is 0 Å². The highest BCUT2D eigenvalue weighted by Gasteiger charge is 2.26. The summed E-state index contributed by atoms with van der Waals surface area (Å²) >= 11 is 0. The van der Waals surface area contributed by atoms with Crippen molar-refractivity contribution >= 4 is 26.7 Å². The van der Waals surface area contributed by atoms with Crippen LogP contribution in [0.4, 0.5) is 5.95 Å². The van der Waals surface area contributed by atoms with Crippen LogP contribution in [0.1, 0.15) is 18.9 Å². The molecule has 1 aliphatic heterocycles. The monoisotopic (exact) mass is 463 g/mol. The second-order valence-electron chi connectivity index (χ2n) is 8.25. The number of fused-ring (bicyclic) bond motifs is 1. The molecule has 0 bridgehead atoms. The van der Waals surface area contributed by atoms with Crippen LogP contribution in [0.15, 0.2) is 66.1 Å². The van der Waals surface area contributed by atoms with E-state index in [1.807, 2.05) is 41.4 Å². The minimum atomic E-state index is -3.24. The lowest BCUT2D eigenvalue weighted by molar-refractivity contribution is 0.224. The van der Waals surface area contributed by atoms with Gasteiger partial charge in [0, 0.05) is 43.2 Å². The van der Waals surface area contributed by atoms with E-state index in [1.165, 1.54) is 6.26 Å². The molecule has 1 atom stereocenters. The van der Waals surface area contributed by atoms with E-state index in [9.17, 15) is 8.42 Å². The number of benzene rings is 1. The van der Waals surface area contributed by atoms with Crippen LogP contribution in [0.25, 0.3) is 16.7 Å². The number of hydrogen-bond donors (Lipinski definition) is 0. The molecule has 4 heterocycles. The van der Waals surface area contributed by atoms with Gasteiger partial charge in [-0.15, -0.1) is 0 Å². The van der Waals surface area contributed by atoms with Gasteiger partial charge in [-0.1, -0.05) is 6.92 Å². The van der Waals surface area contributed by atoms with E-state index >= 15 is 0 Å².